The van der Waals surface area contributed by atoms with Crippen molar-refractivity contribution in [3.05, 3.63) is 77.5 Å². The number of nitrogens with zero attached hydrogens (tertiary/aromatic N) is 5. The van der Waals surface area contributed by atoms with Gasteiger partial charge in [-0.1, -0.05) is 60.3 Å². The number of para-hydroxylation sites is 1. The number of thioether (sulfide) groups is 2. The van der Waals surface area contributed by atoms with E-state index < -0.39 is 23.3 Å². The number of tetrazole rings is 1. The van der Waals surface area contributed by atoms with E-state index in [1.54, 1.807) is 4.68 Å². The van der Waals surface area contributed by atoms with E-state index in [1.807, 2.05) is 60.7 Å². The van der Waals surface area contributed by atoms with E-state index in [4.69, 9.17) is 0 Å². The van der Waals surface area contributed by atoms with Gasteiger partial charge in [-0.05, 0) is 33.7 Å². The zero-order valence-electron chi connectivity index (χ0n) is 18.3. The van der Waals surface area contributed by atoms with Crippen LogP contribution in [0.25, 0.3) is 5.69 Å². The quantitative estimate of drug-likeness (QED) is 0.345. The fourth-order valence-electron chi connectivity index (χ4n) is 3.95. The van der Waals surface area contributed by atoms with Crippen molar-refractivity contribution in [3.8, 4) is 5.69 Å². The molecule has 1 fully saturated rings. The van der Waals surface area contributed by atoms with Crippen LogP contribution in [0.1, 0.15) is 5.56 Å². The summed E-state index contributed by atoms with van der Waals surface area (Å²) in [6, 6.07) is 17.9. The van der Waals surface area contributed by atoms with Gasteiger partial charge >= 0.3 is 5.97 Å². The molecule has 0 saturated carbocycles. The number of hydrogen-bond donors (Lipinski definition) is 2. The number of aliphatic carboxylic acids is 1. The molecule has 2 N–H and O–H groups in total. The van der Waals surface area contributed by atoms with Crippen molar-refractivity contribution in [2.45, 2.75) is 23.0 Å². The average Bonchev–Trinajstić information content (AvgIpc) is 3.35. The number of carboxylic acids is 1. The third-order valence-corrected chi connectivity index (χ3v) is 7.94. The van der Waals surface area contributed by atoms with E-state index in [0.717, 1.165) is 11.3 Å². The standard InChI is InChI=1S/C23H20N6O4S2/c30-17(11-14-7-3-1-4-8-14)24-18-20(31)28-19(22(32)33)15(12-34-21(18)28)13-35-23-25-26-27-29(23)16-9-5-2-6-10-16/h1-10,18,21H,11-13H2,(H,24,30)(H,32,33)/t18-,21-/m1/s1. The van der Waals surface area contributed by atoms with Crippen molar-refractivity contribution >= 4 is 41.3 Å². The summed E-state index contributed by atoms with van der Waals surface area (Å²) in [7, 11) is 0. The second-order valence-corrected chi connectivity index (χ2v) is 9.92. The summed E-state index contributed by atoms with van der Waals surface area (Å²) in [5.41, 5.74) is 2.21. The number of β-lactam (4-membered cyclic amide) rings is 1. The molecule has 1 saturated heterocycles. The fourth-order valence-corrected chi connectivity index (χ4v) is 6.33. The molecule has 0 aliphatic carbocycles. The molecule has 3 aromatic rings. The molecule has 35 heavy (non-hydrogen) atoms. The largest absolute Gasteiger partial charge is 0.477 e. The van der Waals surface area contributed by atoms with Crippen LogP contribution in [0, 0.1) is 0 Å². The van der Waals surface area contributed by atoms with E-state index in [1.165, 1.54) is 28.4 Å². The summed E-state index contributed by atoms with van der Waals surface area (Å²) < 4.78 is 1.58. The SMILES string of the molecule is O=C(Cc1ccccc1)N[C@@H]1C(=O)N2C(C(=O)O)=C(CSc3nnnn3-c3ccccc3)CS[C@H]12. The summed E-state index contributed by atoms with van der Waals surface area (Å²) in [5, 5.41) is 24.5. The normalized spacial score (nSPS) is 19.2. The molecule has 10 nitrogen and oxygen atoms in total. The molecule has 178 valence electrons. The van der Waals surface area contributed by atoms with Crippen molar-refractivity contribution in [2.75, 3.05) is 11.5 Å². The minimum Gasteiger partial charge on any atom is -0.477 e. The van der Waals surface area contributed by atoms with Gasteiger partial charge in [0.2, 0.25) is 11.1 Å². The maximum Gasteiger partial charge on any atom is 0.352 e. The van der Waals surface area contributed by atoms with Crippen LogP contribution in [-0.4, -0.2) is 70.9 Å². The van der Waals surface area contributed by atoms with Gasteiger partial charge in [-0.3, -0.25) is 14.5 Å². The number of nitrogens with one attached hydrogen (secondary N) is 1. The van der Waals surface area contributed by atoms with Gasteiger partial charge in [0.1, 0.15) is 17.1 Å². The molecule has 0 unspecified atom stereocenters. The van der Waals surface area contributed by atoms with Gasteiger partial charge in [0.15, 0.2) is 0 Å². The number of hydrogen-bond acceptors (Lipinski definition) is 8. The molecule has 5 rings (SSSR count). The first-order valence-corrected chi connectivity index (χ1v) is 12.8. The highest BCUT2D eigenvalue weighted by atomic mass is 32.2. The van der Waals surface area contributed by atoms with Crippen LogP contribution in [0.5, 0.6) is 0 Å². The number of aromatic nitrogens is 4. The van der Waals surface area contributed by atoms with Crippen molar-refractivity contribution in [1.29, 1.82) is 0 Å². The molecular weight excluding hydrogens is 488 g/mol. The Morgan fingerprint density at radius 1 is 1.11 bits per heavy atom. The Morgan fingerprint density at radius 2 is 1.83 bits per heavy atom. The minimum atomic E-state index is -1.17. The second kappa shape index (κ2) is 9.92. The lowest BCUT2D eigenvalue weighted by Gasteiger charge is -2.49. The highest BCUT2D eigenvalue weighted by Crippen LogP contribution is 2.41. The number of carboxylic acid groups (broad SMARTS) is 1. The molecule has 2 aromatic carbocycles. The van der Waals surface area contributed by atoms with Gasteiger partial charge in [0, 0.05) is 11.5 Å². The molecule has 2 atom stereocenters. The van der Waals surface area contributed by atoms with Gasteiger partial charge in [-0.2, -0.15) is 4.68 Å². The Kier molecular flexibility index (Phi) is 6.55. The first-order valence-electron chi connectivity index (χ1n) is 10.7. The van der Waals surface area contributed by atoms with Crippen LogP contribution in [0.2, 0.25) is 0 Å². The molecule has 0 radical (unpaired) electrons. The Bertz CT molecular complexity index is 1300. The topological polar surface area (TPSA) is 130 Å². The number of amides is 2. The zero-order valence-corrected chi connectivity index (χ0v) is 19.9. The summed E-state index contributed by atoms with van der Waals surface area (Å²) in [6.07, 6.45) is 0.154. The molecule has 2 aliphatic heterocycles. The Labute approximate surface area is 208 Å². The van der Waals surface area contributed by atoms with Gasteiger partial charge in [0.05, 0.1) is 12.1 Å². The predicted molar refractivity (Wildman–Crippen MR) is 130 cm³/mol. The van der Waals surface area contributed by atoms with Crippen molar-refractivity contribution in [3.63, 3.8) is 0 Å². The highest BCUT2D eigenvalue weighted by Gasteiger charge is 2.54. The fraction of sp³-hybridized carbons (Fsp3) is 0.217. The van der Waals surface area contributed by atoms with E-state index in [0.29, 0.717) is 22.2 Å². The van der Waals surface area contributed by atoms with Gasteiger partial charge in [-0.25, -0.2) is 4.79 Å². The Balaban J connectivity index is 1.28. The van der Waals surface area contributed by atoms with Crippen molar-refractivity contribution in [2.24, 2.45) is 0 Å². The van der Waals surface area contributed by atoms with Crippen LogP contribution in [-0.2, 0) is 20.8 Å². The summed E-state index contributed by atoms with van der Waals surface area (Å²) >= 11 is 2.74. The highest BCUT2D eigenvalue weighted by molar-refractivity contribution is 8.01. The molecule has 12 heteroatoms. The average molecular weight is 509 g/mol. The zero-order chi connectivity index (χ0) is 24.4. The van der Waals surface area contributed by atoms with Crippen LogP contribution in [0.3, 0.4) is 0 Å². The monoisotopic (exact) mass is 508 g/mol. The predicted octanol–water partition coefficient (Wildman–Crippen LogP) is 1.74. The van der Waals surface area contributed by atoms with Crippen LogP contribution in [0.15, 0.2) is 77.1 Å². The maximum atomic E-state index is 12.9. The molecule has 0 bridgehead atoms. The maximum absolute atomic E-state index is 12.9. The summed E-state index contributed by atoms with van der Waals surface area (Å²) in [4.78, 5) is 38.7. The van der Waals surface area contributed by atoms with E-state index in [-0.39, 0.29) is 18.0 Å². The number of carbonyl (C=O) groups excluding carboxylic acids is 2. The molecular formula is C23H20N6O4S2. The van der Waals surface area contributed by atoms with Gasteiger partial charge < -0.3 is 10.4 Å². The molecule has 1 aromatic heterocycles. The number of rotatable bonds is 8. The van der Waals surface area contributed by atoms with Crippen molar-refractivity contribution in [1.82, 2.24) is 30.4 Å². The molecule has 2 amide bonds. The Morgan fingerprint density at radius 3 is 2.54 bits per heavy atom. The van der Waals surface area contributed by atoms with E-state index >= 15 is 0 Å². The van der Waals surface area contributed by atoms with E-state index in [2.05, 4.69) is 20.8 Å². The lowest BCUT2D eigenvalue weighted by Crippen LogP contribution is -2.70. The van der Waals surface area contributed by atoms with Crippen molar-refractivity contribution < 1.29 is 19.5 Å². The first kappa shape index (κ1) is 23.1. The summed E-state index contributed by atoms with van der Waals surface area (Å²) in [6.45, 7) is 0. The third kappa shape index (κ3) is 4.66. The third-order valence-electron chi connectivity index (χ3n) is 5.59. The number of fused-ring (bicyclic) bond motifs is 1. The smallest absolute Gasteiger partial charge is 0.352 e. The molecule has 3 heterocycles. The minimum absolute atomic E-state index is 0.0291. The lowest BCUT2D eigenvalue weighted by atomic mass is 10.0. The Hall–Kier alpha value is -3.64. The van der Waals surface area contributed by atoms with Crippen LogP contribution < -0.4 is 5.32 Å². The lowest BCUT2D eigenvalue weighted by molar-refractivity contribution is -0.150. The summed E-state index contributed by atoms with van der Waals surface area (Å²) in [5.74, 6) is -1.14. The molecule has 0 spiro atoms. The number of carbonyl (C=O) groups is 3. The number of benzene rings is 2. The van der Waals surface area contributed by atoms with Gasteiger partial charge in [0.25, 0.3) is 5.91 Å². The molecule has 2 aliphatic rings. The van der Waals surface area contributed by atoms with Crippen LogP contribution >= 0.6 is 23.5 Å². The second-order valence-electron chi connectivity index (χ2n) is 7.87. The first-order chi connectivity index (χ1) is 17.0. The van der Waals surface area contributed by atoms with E-state index in [9.17, 15) is 19.5 Å². The van der Waals surface area contributed by atoms with Gasteiger partial charge in [-0.15, -0.1) is 16.9 Å². The van der Waals surface area contributed by atoms with Crippen LogP contribution in [0.4, 0.5) is 0 Å².